The molecule has 5 heteroatoms. The standard InChI is InChI=1S/C60H40N4O/c1-5-18-41(19-6-1)43-32-35-50-51-36-33-48(40-58(51)65-57(50)38-43)61(53-31-17-21-42-20-13-14-28-49(42)53)47-34-37-55-56(39-47)64(46-26-11-4-12-27-46)60-59(62(55)44-22-7-2-8-23-44)52-29-15-16-30-54(52)63(60)45-24-9-3-10-25-45/h1-40H. The van der Waals surface area contributed by atoms with E-state index in [1.54, 1.807) is 0 Å². The number of hydrogen-bond acceptors (Lipinski definition) is 4. The predicted molar refractivity (Wildman–Crippen MR) is 271 cm³/mol. The molecule has 1 aliphatic rings. The SMILES string of the molecule is c1ccc(-c2ccc3c(c2)oc2cc(N(c4ccc5c(c4)N(c4ccccc4)c4c(c6ccccc6n4-c4ccccc4)N5c4ccccc4)c4cccc5ccccc45)ccc23)cc1. The first kappa shape index (κ1) is 36.8. The lowest BCUT2D eigenvalue weighted by Crippen LogP contribution is -2.25. The molecule has 10 aromatic carbocycles. The van der Waals surface area contributed by atoms with Crippen molar-refractivity contribution in [2.75, 3.05) is 14.7 Å². The monoisotopic (exact) mass is 832 g/mol. The Bertz CT molecular complexity index is 3720. The van der Waals surface area contributed by atoms with Crippen molar-refractivity contribution in [2.24, 2.45) is 0 Å². The van der Waals surface area contributed by atoms with Gasteiger partial charge < -0.3 is 14.2 Å². The number of nitrogens with zero attached hydrogens (tertiary/aromatic N) is 4. The Labute approximate surface area is 376 Å². The maximum atomic E-state index is 6.77. The topological polar surface area (TPSA) is 27.8 Å². The van der Waals surface area contributed by atoms with Crippen molar-refractivity contribution >= 4 is 94.9 Å². The summed E-state index contributed by atoms with van der Waals surface area (Å²) in [4.78, 5) is 7.29. The van der Waals surface area contributed by atoms with Crippen LogP contribution in [-0.4, -0.2) is 4.57 Å². The molecular weight excluding hydrogens is 793 g/mol. The molecule has 0 atom stereocenters. The highest BCUT2D eigenvalue weighted by atomic mass is 16.3. The molecular formula is C60H40N4O. The maximum Gasteiger partial charge on any atom is 0.148 e. The molecule has 13 rings (SSSR count). The zero-order chi connectivity index (χ0) is 42.8. The van der Waals surface area contributed by atoms with E-state index in [1.807, 2.05) is 0 Å². The highest BCUT2D eigenvalue weighted by Gasteiger charge is 2.37. The minimum atomic E-state index is 0.837. The van der Waals surface area contributed by atoms with Crippen molar-refractivity contribution < 1.29 is 4.42 Å². The molecule has 0 radical (unpaired) electrons. The van der Waals surface area contributed by atoms with Gasteiger partial charge in [-0.05, 0) is 108 Å². The molecule has 0 fully saturated rings. The van der Waals surface area contributed by atoms with Crippen LogP contribution in [0.4, 0.5) is 51.3 Å². The van der Waals surface area contributed by atoms with Crippen LogP contribution in [0.5, 0.6) is 0 Å². The van der Waals surface area contributed by atoms with Gasteiger partial charge >= 0.3 is 0 Å². The fraction of sp³-hybridized carbons (Fsp3) is 0. The van der Waals surface area contributed by atoms with Crippen LogP contribution in [0.3, 0.4) is 0 Å². The maximum absolute atomic E-state index is 6.77. The van der Waals surface area contributed by atoms with Gasteiger partial charge in [-0.2, -0.15) is 0 Å². The van der Waals surface area contributed by atoms with Crippen molar-refractivity contribution in [1.29, 1.82) is 0 Å². The first-order valence-corrected chi connectivity index (χ1v) is 22.1. The van der Waals surface area contributed by atoms with Gasteiger partial charge in [-0.15, -0.1) is 0 Å². The van der Waals surface area contributed by atoms with E-state index >= 15 is 0 Å². The normalized spacial score (nSPS) is 12.2. The van der Waals surface area contributed by atoms with E-state index in [0.717, 1.165) is 101 Å². The molecule has 0 aliphatic carbocycles. The van der Waals surface area contributed by atoms with Gasteiger partial charge in [0.15, 0.2) is 0 Å². The zero-order valence-corrected chi connectivity index (χ0v) is 35.3. The van der Waals surface area contributed by atoms with E-state index in [0.29, 0.717) is 0 Å². The molecule has 5 nitrogen and oxygen atoms in total. The summed E-state index contributed by atoms with van der Waals surface area (Å²) < 4.78 is 9.19. The van der Waals surface area contributed by atoms with Crippen LogP contribution in [-0.2, 0) is 0 Å². The quantitative estimate of drug-likeness (QED) is 0.160. The second-order valence-electron chi connectivity index (χ2n) is 16.6. The molecule has 0 bridgehead atoms. The molecule has 65 heavy (non-hydrogen) atoms. The van der Waals surface area contributed by atoms with Gasteiger partial charge in [0, 0.05) is 56.0 Å². The van der Waals surface area contributed by atoms with Crippen LogP contribution in [0.1, 0.15) is 0 Å². The van der Waals surface area contributed by atoms with Crippen LogP contribution < -0.4 is 14.7 Å². The first-order valence-electron chi connectivity index (χ1n) is 22.1. The molecule has 0 saturated heterocycles. The highest BCUT2D eigenvalue weighted by Crippen LogP contribution is 2.59. The van der Waals surface area contributed by atoms with Gasteiger partial charge in [0.25, 0.3) is 0 Å². The highest BCUT2D eigenvalue weighted by molar-refractivity contribution is 6.14. The smallest absolute Gasteiger partial charge is 0.148 e. The number of furan rings is 1. The van der Waals surface area contributed by atoms with Crippen LogP contribution >= 0.6 is 0 Å². The van der Waals surface area contributed by atoms with Gasteiger partial charge in [0.05, 0.1) is 28.3 Å². The number of fused-ring (bicyclic) bond motifs is 8. The molecule has 0 unspecified atom stereocenters. The van der Waals surface area contributed by atoms with Gasteiger partial charge in [-0.1, -0.05) is 146 Å². The molecule has 1 aliphatic heterocycles. The predicted octanol–water partition coefficient (Wildman–Crippen LogP) is 17.1. The Morgan fingerprint density at radius 1 is 0.354 bits per heavy atom. The summed E-state index contributed by atoms with van der Waals surface area (Å²) in [5.41, 5.74) is 14.7. The van der Waals surface area contributed by atoms with E-state index in [9.17, 15) is 0 Å². The van der Waals surface area contributed by atoms with E-state index in [4.69, 9.17) is 4.42 Å². The second kappa shape index (κ2) is 14.9. The summed E-state index contributed by atoms with van der Waals surface area (Å²) in [5, 5.41) is 5.67. The van der Waals surface area contributed by atoms with Crippen molar-refractivity contribution in [3.05, 3.63) is 243 Å². The molecule has 0 saturated carbocycles. The summed E-state index contributed by atoms with van der Waals surface area (Å²) >= 11 is 0. The zero-order valence-electron chi connectivity index (χ0n) is 35.3. The average molecular weight is 833 g/mol. The Balaban J connectivity index is 1.08. The minimum Gasteiger partial charge on any atom is -0.456 e. The third-order valence-electron chi connectivity index (χ3n) is 12.8. The minimum absolute atomic E-state index is 0.837. The van der Waals surface area contributed by atoms with Crippen molar-refractivity contribution in [2.45, 2.75) is 0 Å². The Morgan fingerprint density at radius 3 is 1.68 bits per heavy atom. The Hall–Kier alpha value is -8.80. The molecule has 0 amide bonds. The number of hydrogen-bond donors (Lipinski definition) is 0. The van der Waals surface area contributed by atoms with E-state index in [2.05, 4.69) is 262 Å². The average Bonchev–Trinajstić information content (AvgIpc) is 3.92. The summed E-state index contributed by atoms with van der Waals surface area (Å²) in [6.45, 7) is 0. The molecule has 0 N–H and O–H groups in total. The molecule has 2 aromatic heterocycles. The number of para-hydroxylation sites is 4. The number of benzene rings is 10. The lowest BCUT2D eigenvalue weighted by molar-refractivity contribution is 0.669. The van der Waals surface area contributed by atoms with Crippen LogP contribution in [0.15, 0.2) is 247 Å². The second-order valence-corrected chi connectivity index (χ2v) is 16.6. The van der Waals surface area contributed by atoms with Crippen LogP contribution in [0, 0.1) is 0 Å². The van der Waals surface area contributed by atoms with Gasteiger partial charge in [0.2, 0.25) is 0 Å². The Kier molecular flexibility index (Phi) is 8.46. The van der Waals surface area contributed by atoms with E-state index in [-0.39, 0.29) is 0 Å². The molecule has 306 valence electrons. The number of aromatic nitrogens is 1. The Morgan fingerprint density at radius 2 is 0.923 bits per heavy atom. The van der Waals surface area contributed by atoms with Crippen molar-refractivity contribution in [3.63, 3.8) is 0 Å². The summed E-state index contributed by atoms with van der Waals surface area (Å²) in [6.07, 6.45) is 0. The fourth-order valence-electron chi connectivity index (χ4n) is 9.96. The fourth-order valence-corrected chi connectivity index (χ4v) is 9.96. The largest absolute Gasteiger partial charge is 0.456 e. The summed E-state index contributed by atoms with van der Waals surface area (Å²) in [6, 6.07) is 86.9. The summed E-state index contributed by atoms with van der Waals surface area (Å²) in [5.74, 6) is 1.06. The van der Waals surface area contributed by atoms with Gasteiger partial charge in [-0.25, -0.2) is 0 Å². The molecule has 3 heterocycles. The van der Waals surface area contributed by atoms with E-state index < -0.39 is 0 Å². The molecule has 0 spiro atoms. The number of rotatable bonds is 7. The van der Waals surface area contributed by atoms with Gasteiger partial charge in [0.1, 0.15) is 17.0 Å². The van der Waals surface area contributed by atoms with Crippen LogP contribution in [0.25, 0.3) is 60.4 Å². The van der Waals surface area contributed by atoms with Crippen molar-refractivity contribution in [1.82, 2.24) is 4.57 Å². The van der Waals surface area contributed by atoms with Crippen LogP contribution in [0.2, 0.25) is 0 Å². The van der Waals surface area contributed by atoms with Crippen molar-refractivity contribution in [3.8, 4) is 16.8 Å². The first-order chi connectivity index (χ1) is 32.3. The molecule has 12 aromatic rings. The third kappa shape index (κ3) is 5.94. The number of anilines is 9. The third-order valence-corrected chi connectivity index (χ3v) is 12.8. The lowest BCUT2D eigenvalue weighted by atomic mass is 10.0. The summed E-state index contributed by atoms with van der Waals surface area (Å²) in [7, 11) is 0. The van der Waals surface area contributed by atoms with Gasteiger partial charge in [-0.3, -0.25) is 9.47 Å². The lowest BCUT2D eigenvalue weighted by Gasteiger charge is -2.40. The van der Waals surface area contributed by atoms with E-state index in [1.165, 1.54) is 10.8 Å².